The second-order valence-corrected chi connectivity index (χ2v) is 5.55. The summed E-state index contributed by atoms with van der Waals surface area (Å²) in [4.78, 5) is 0. The van der Waals surface area contributed by atoms with Crippen LogP contribution in [-0.2, 0) is 0 Å². The summed E-state index contributed by atoms with van der Waals surface area (Å²) >= 11 is 0. The van der Waals surface area contributed by atoms with Gasteiger partial charge in [0.25, 0.3) is 0 Å². The molecule has 0 saturated heterocycles. The van der Waals surface area contributed by atoms with Crippen molar-refractivity contribution in [3.05, 3.63) is 12.2 Å². The molecule has 0 unspecified atom stereocenters. The lowest BCUT2D eigenvalue weighted by atomic mass is 9.74. The normalized spacial score (nSPS) is 34.6. The molecule has 2 N–H and O–H groups in total. The van der Waals surface area contributed by atoms with Crippen LogP contribution in [-0.4, -0.2) is 22.8 Å². The first kappa shape index (κ1) is 15.7. The Morgan fingerprint density at radius 3 is 2.50 bits per heavy atom. The molecule has 1 aliphatic carbocycles. The van der Waals surface area contributed by atoms with Gasteiger partial charge in [0.15, 0.2) is 0 Å². The Labute approximate surface area is 101 Å². The van der Waals surface area contributed by atoms with Gasteiger partial charge in [0.2, 0.25) is 0 Å². The molecule has 0 spiro atoms. The van der Waals surface area contributed by atoms with E-state index in [9.17, 15) is 5.11 Å². The topological polar surface area (TPSA) is 32.3 Å². The fourth-order valence-electron chi connectivity index (χ4n) is 2.39. The molecule has 2 heteroatoms. The van der Waals surface area contributed by atoms with E-state index < -0.39 is 5.60 Å². The van der Waals surface area contributed by atoms with Crippen LogP contribution >= 0.6 is 0 Å². The predicted octanol–water partition coefficient (Wildman–Crippen LogP) is 3.12. The molecule has 96 valence electrons. The average molecular weight is 227 g/mol. The van der Waals surface area contributed by atoms with Crippen LogP contribution in [0.2, 0.25) is 0 Å². The average Bonchev–Trinajstić information content (AvgIpc) is 2.07. The summed E-state index contributed by atoms with van der Waals surface area (Å²) in [5.41, 5.74) is 0.692. The van der Waals surface area contributed by atoms with Gasteiger partial charge in [0, 0.05) is 12.1 Å². The zero-order valence-electron chi connectivity index (χ0n) is 10.5. The fraction of sp³-hybridized carbons (Fsp3) is 0.857. The van der Waals surface area contributed by atoms with Gasteiger partial charge < -0.3 is 10.4 Å². The molecule has 2 nitrogen and oxygen atoms in total. The summed E-state index contributed by atoms with van der Waals surface area (Å²) in [6, 6.07) is 0.623. The minimum absolute atomic E-state index is 0. The molecule has 3 atom stereocenters. The zero-order valence-corrected chi connectivity index (χ0v) is 10.5. The lowest BCUT2D eigenvalue weighted by molar-refractivity contribution is -0.0225. The van der Waals surface area contributed by atoms with Crippen LogP contribution in [0.25, 0.3) is 0 Å². The minimum atomic E-state index is -0.559. The van der Waals surface area contributed by atoms with Crippen LogP contribution in [0.1, 0.15) is 54.4 Å². The second-order valence-electron chi connectivity index (χ2n) is 5.55. The van der Waals surface area contributed by atoms with Crippen molar-refractivity contribution in [2.24, 2.45) is 5.92 Å². The Hall–Kier alpha value is -0.340. The number of allylic oxidation sites excluding steroid dienone is 1. The van der Waals surface area contributed by atoms with Crippen molar-refractivity contribution in [2.75, 3.05) is 0 Å². The molecule has 1 fully saturated rings. The van der Waals surface area contributed by atoms with Crippen molar-refractivity contribution >= 4 is 0 Å². The van der Waals surface area contributed by atoms with Crippen LogP contribution in [0.5, 0.6) is 0 Å². The molecule has 0 aromatic carbocycles. The van der Waals surface area contributed by atoms with E-state index in [1.54, 1.807) is 0 Å². The summed E-state index contributed by atoms with van der Waals surface area (Å²) in [6.45, 7) is 12.3. The second kappa shape index (κ2) is 5.83. The molecular formula is C14H29NO. The first-order valence-corrected chi connectivity index (χ1v) is 5.96. The maximum absolute atomic E-state index is 10.3. The van der Waals surface area contributed by atoms with Gasteiger partial charge >= 0.3 is 0 Å². The SMILES string of the molecule is C.C=C(C)[C@H]1CC[C@@](C)(O)[C@H](NC(C)C)C1. The highest BCUT2D eigenvalue weighted by atomic mass is 16.3. The highest BCUT2D eigenvalue weighted by Crippen LogP contribution is 2.35. The summed E-state index contributed by atoms with van der Waals surface area (Å²) in [5.74, 6) is 0.571. The van der Waals surface area contributed by atoms with Gasteiger partial charge in [0.1, 0.15) is 0 Å². The predicted molar refractivity (Wildman–Crippen MR) is 71.6 cm³/mol. The molecule has 0 aromatic heterocycles. The van der Waals surface area contributed by atoms with Crippen LogP contribution in [0.3, 0.4) is 0 Å². The van der Waals surface area contributed by atoms with Gasteiger partial charge in [-0.15, -0.1) is 0 Å². The molecule has 1 aliphatic rings. The van der Waals surface area contributed by atoms with E-state index >= 15 is 0 Å². The van der Waals surface area contributed by atoms with E-state index in [2.05, 4.69) is 32.7 Å². The third-order valence-corrected chi connectivity index (χ3v) is 3.50. The third kappa shape index (κ3) is 3.91. The van der Waals surface area contributed by atoms with Gasteiger partial charge in [-0.05, 0) is 39.0 Å². The maximum atomic E-state index is 10.3. The van der Waals surface area contributed by atoms with Crippen molar-refractivity contribution in [1.82, 2.24) is 5.32 Å². The Morgan fingerprint density at radius 2 is 2.06 bits per heavy atom. The summed E-state index contributed by atoms with van der Waals surface area (Å²) in [6.07, 6.45) is 2.95. The monoisotopic (exact) mass is 227 g/mol. The first-order valence-electron chi connectivity index (χ1n) is 5.96. The molecule has 0 heterocycles. The maximum Gasteiger partial charge on any atom is 0.0772 e. The van der Waals surface area contributed by atoms with Crippen molar-refractivity contribution in [2.45, 2.75) is 72.1 Å². The molecule has 0 amide bonds. The molecule has 0 aromatic rings. The zero-order chi connectivity index (χ0) is 11.6. The summed E-state index contributed by atoms with van der Waals surface area (Å²) < 4.78 is 0. The van der Waals surface area contributed by atoms with Crippen LogP contribution in [0, 0.1) is 5.92 Å². The summed E-state index contributed by atoms with van der Waals surface area (Å²) in [7, 11) is 0. The number of aliphatic hydroxyl groups is 1. The van der Waals surface area contributed by atoms with Crippen LogP contribution < -0.4 is 5.32 Å². The van der Waals surface area contributed by atoms with Crippen molar-refractivity contribution < 1.29 is 5.11 Å². The Kier molecular flexibility index (Phi) is 5.71. The Morgan fingerprint density at radius 1 is 1.50 bits per heavy atom. The Bertz CT molecular complexity index is 233. The van der Waals surface area contributed by atoms with E-state index in [-0.39, 0.29) is 13.5 Å². The molecule has 0 radical (unpaired) electrons. The standard InChI is InChI=1S/C13H25NO.CH4/c1-9(2)11-6-7-13(5,15)12(8-11)14-10(3)4;/h10-12,14-15H,1,6-8H2,2-5H3;1H4/t11-,12+,13+;/m0./s1. The van der Waals surface area contributed by atoms with Crippen molar-refractivity contribution in [3.63, 3.8) is 0 Å². The quantitative estimate of drug-likeness (QED) is 0.726. The number of hydrogen-bond donors (Lipinski definition) is 2. The molecule has 0 aliphatic heterocycles. The van der Waals surface area contributed by atoms with E-state index in [0.29, 0.717) is 12.0 Å². The molecule has 16 heavy (non-hydrogen) atoms. The lowest BCUT2D eigenvalue weighted by Crippen LogP contribution is -2.54. The lowest BCUT2D eigenvalue weighted by Gasteiger charge is -2.42. The first-order chi connectivity index (χ1) is 6.83. The van der Waals surface area contributed by atoms with Gasteiger partial charge in [-0.3, -0.25) is 0 Å². The number of nitrogens with one attached hydrogen (secondary N) is 1. The van der Waals surface area contributed by atoms with Gasteiger partial charge in [-0.1, -0.05) is 33.4 Å². The van der Waals surface area contributed by atoms with Crippen molar-refractivity contribution in [3.8, 4) is 0 Å². The molecule has 1 rings (SSSR count). The molecular weight excluding hydrogens is 198 g/mol. The number of rotatable bonds is 3. The molecule has 0 bridgehead atoms. The van der Waals surface area contributed by atoms with Gasteiger partial charge in [0.05, 0.1) is 5.60 Å². The van der Waals surface area contributed by atoms with Crippen LogP contribution in [0.15, 0.2) is 12.2 Å². The van der Waals surface area contributed by atoms with E-state index in [1.807, 2.05) is 6.92 Å². The van der Waals surface area contributed by atoms with Gasteiger partial charge in [-0.25, -0.2) is 0 Å². The van der Waals surface area contributed by atoms with Crippen LogP contribution in [0.4, 0.5) is 0 Å². The smallest absolute Gasteiger partial charge is 0.0772 e. The minimum Gasteiger partial charge on any atom is -0.389 e. The fourth-order valence-corrected chi connectivity index (χ4v) is 2.39. The largest absolute Gasteiger partial charge is 0.389 e. The van der Waals surface area contributed by atoms with Gasteiger partial charge in [-0.2, -0.15) is 0 Å². The Balaban J connectivity index is 0.00000225. The molecule has 1 saturated carbocycles. The summed E-state index contributed by atoms with van der Waals surface area (Å²) in [5, 5.41) is 13.8. The number of hydrogen-bond acceptors (Lipinski definition) is 2. The highest BCUT2D eigenvalue weighted by molar-refractivity contribution is 5.05. The van der Waals surface area contributed by atoms with E-state index in [4.69, 9.17) is 0 Å². The van der Waals surface area contributed by atoms with E-state index in [1.165, 1.54) is 5.57 Å². The third-order valence-electron chi connectivity index (χ3n) is 3.50. The highest BCUT2D eigenvalue weighted by Gasteiger charge is 2.38. The van der Waals surface area contributed by atoms with E-state index in [0.717, 1.165) is 19.3 Å². The van der Waals surface area contributed by atoms with Crippen molar-refractivity contribution in [1.29, 1.82) is 0 Å².